The zero-order valence-corrected chi connectivity index (χ0v) is 11.4. The minimum Gasteiger partial charge on any atom is -0.468 e. The van der Waals surface area contributed by atoms with Gasteiger partial charge in [0.1, 0.15) is 6.04 Å². The topological polar surface area (TPSA) is 56.1 Å². The van der Waals surface area contributed by atoms with Crippen molar-refractivity contribution in [3.8, 4) is 0 Å². The molecule has 1 fully saturated rings. The van der Waals surface area contributed by atoms with Gasteiger partial charge in [-0.1, -0.05) is 0 Å². The lowest BCUT2D eigenvalue weighted by atomic mass is 10.2. The first-order chi connectivity index (χ1) is 9.28. The Morgan fingerprint density at radius 1 is 1.68 bits per heavy atom. The normalized spacial score (nSPS) is 20.8. The van der Waals surface area contributed by atoms with E-state index in [4.69, 9.17) is 9.47 Å². The fraction of sp³-hybridized carbons (Fsp3) is 0.500. The minimum absolute atomic E-state index is 0.249. The molecule has 2 aromatic heterocycles. The summed E-state index contributed by atoms with van der Waals surface area (Å²) in [5.41, 5.74) is 0.961. The van der Waals surface area contributed by atoms with Crippen molar-refractivity contribution in [1.29, 1.82) is 0 Å². The van der Waals surface area contributed by atoms with Gasteiger partial charge in [0.2, 0.25) is 0 Å². The predicted molar refractivity (Wildman–Crippen MR) is 70.1 cm³/mol. The molecule has 1 saturated heterocycles. The fourth-order valence-electron chi connectivity index (χ4n) is 2.24. The Morgan fingerprint density at radius 2 is 2.58 bits per heavy atom. The third kappa shape index (κ3) is 2.49. The molecular formula is C12H15N3O3S. The Morgan fingerprint density at radius 3 is 3.37 bits per heavy atom. The second kappa shape index (κ2) is 5.28. The molecular weight excluding hydrogens is 266 g/mol. The molecule has 0 N–H and O–H groups in total. The molecule has 3 rings (SSSR count). The van der Waals surface area contributed by atoms with Crippen LogP contribution in [-0.2, 0) is 20.8 Å². The molecule has 2 aromatic rings. The number of esters is 1. The summed E-state index contributed by atoms with van der Waals surface area (Å²) in [6, 6.07) is -0.335. The van der Waals surface area contributed by atoms with Gasteiger partial charge in [-0.3, -0.25) is 14.1 Å². The number of rotatable bonds is 3. The summed E-state index contributed by atoms with van der Waals surface area (Å²) in [6.07, 6.45) is 3.98. The molecule has 1 aliphatic heterocycles. The summed E-state index contributed by atoms with van der Waals surface area (Å²) in [4.78, 5) is 19.3. The van der Waals surface area contributed by atoms with Crippen LogP contribution in [0.25, 0.3) is 4.96 Å². The van der Waals surface area contributed by atoms with Crippen LogP contribution in [0, 0.1) is 0 Å². The Hall–Kier alpha value is -1.44. The number of hydrogen-bond donors (Lipinski definition) is 0. The highest BCUT2D eigenvalue weighted by atomic mass is 32.1. The number of aromatic nitrogens is 2. The molecule has 0 radical (unpaired) electrons. The van der Waals surface area contributed by atoms with Crippen LogP contribution in [-0.4, -0.2) is 53.2 Å². The summed E-state index contributed by atoms with van der Waals surface area (Å²) < 4.78 is 12.2. The van der Waals surface area contributed by atoms with Crippen molar-refractivity contribution in [2.24, 2.45) is 0 Å². The van der Waals surface area contributed by atoms with Gasteiger partial charge in [0.05, 0.1) is 26.0 Å². The highest BCUT2D eigenvalue weighted by Gasteiger charge is 2.30. The average molecular weight is 281 g/mol. The summed E-state index contributed by atoms with van der Waals surface area (Å²) in [5, 5.41) is 2.00. The second-order valence-corrected chi connectivity index (χ2v) is 5.28. The van der Waals surface area contributed by atoms with E-state index in [9.17, 15) is 4.79 Å². The quantitative estimate of drug-likeness (QED) is 0.778. The lowest BCUT2D eigenvalue weighted by Gasteiger charge is -2.32. The molecule has 0 bridgehead atoms. The van der Waals surface area contributed by atoms with Crippen molar-refractivity contribution in [2.75, 3.05) is 26.9 Å². The Kier molecular flexibility index (Phi) is 3.50. The summed E-state index contributed by atoms with van der Waals surface area (Å²) >= 11 is 1.60. The second-order valence-electron chi connectivity index (χ2n) is 4.41. The van der Waals surface area contributed by atoms with E-state index in [2.05, 4.69) is 9.88 Å². The molecule has 1 aliphatic rings. The van der Waals surface area contributed by atoms with Gasteiger partial charge in [-0.2, -0.15) is 0 Å². The highest BCUT2D eigenvalue weighted by molar-refractivity contribution is 7.15. The summed E-state index contributed by atoms with van der Waals surface area (Å²) in [7, 11) is 1.40. The molecule has 0 aliphatic carbocycles. The van der Waals surface area contributed by atoms with Crippen molar-refractivity contribution in [2.45, 2.75) is 12.6 Å². The van der Waals surface area contributed by atoms with E-state index in [0.717, 1.165) is 10.7 Å². The average Bonchev–Trinajstić information content (AvgIpc) is 2.99. The van der Waals surface area contributed by atoms with E-state index in [-0.39, 0.29) is 12.0 Å². The van der Waals surface area contributed by atoms with E-state index >= 15 is 0 Å². The molecule has 7 heteroatoms. The van der Waals surface area contributed by atoms with Gasteiger partial charge >= 0.3 is 5.97 Å². The van der Waals surface area contributed by atoms with Crippen LogP contribution in [0.1, 0.15) is 5.69 Å². The maximum Gasteiger partial charge on any atom is 0.325 e. The van der Waals surface area contributed by atoms with Gasteiger partial charge in [0, 0.05) is 30.9 Å². The molecule has 0 saturated carbocycles. The fourth-order valence-corrected chi connectivity index (χ4v) is 2.96. The van der Waals surface area contributed by atoms with Crippen LogP contribution in [0.4, 0.5) is 0 Å². The number of thiazole rings is 1. The van der Waals surface area contributed by atoms with Gasteiger partial charge in [0.15, 0.2) is 4.96 Å². The van der Waals surface area contributed by atoms with Gasteiger partial charge in [-0.05, 0) is 0 Å². The van der Waals surface area contributed by atoms with Crippen molar-refractivity contribution in [1.82, 2.24) is 14.3 Å². The van der Waals surface area contributed by atoms with Crippen molar-refractivity contribution in [3.05, 3.63) is 23.5 Å². The summed E-state index contributed by atoms with van der Waals surface area (Å²) in [5.74, 6) is -0.249. The molecule has 0 aromatic carbocycles. The van der Waals surface area contributed by atoms with E-state index in [1.165, 1.54) is 7.11 Å². The van der Waals surface area contributed by atoms with Gasteiger partial charge in [-0.15, -0.1) is 11.3 Å². The Labute approximate surface area is 114 Å². The first kappa shape index (κ1) is 12.6. The molecule has 0 amide bonds. The van der Waals surface area contributed by atoms with Crippen LogP contribution in [0.3, 0.4) is 0 Å². The number of hydrogen-bond acceptors (Lipinski definition) is 6. The zero-order chi connectivity index (χ0) is 13.2. The minimum atomic E-state index is -0.335. The lowest BCUT2D eigenvalue weighted by Crippen LogP contribution is -2.49. The Balaban J connectivity index is 1.76. The zero-order valence-electron chi connectivity index (χ0n) is 10.6. The number of imidazole rings is 1. The van der Waals surface area contributed by atoms with Crippen LogP contribution in [0.5, 0.6) is 0 Å². The standard InChI is InChI=1S/C12H15N3O3S/c1-17-11(16)10-8-18-4-2-14(10)6-9-7-15-3-5-19-12(15)13-9/h3,5,7,10H,2,4,6,8H2,1H3. The number of nitrogens with zero attached hydrogens (tertiary/aromatic N) is 3. The van der Waals surface area contributed by atoms with E-state index in [0.29, 0.717) is 26.3 Å². The first-order valence-corrected chi connectivity index (χ1v) is 6.96. The van der Waals surface area contributed by atoms with Crippen LogP contribution in [0.2, 0.25) is 0 Å². The lowest BCUT2D eigenvalue weighted by molar-refractivity contribution is -0.153. The number of ether oxygens (including phenoxy) is 2. The predicted octanol–water partition coefficient (Wildman–Crippen LogP) is 0.770. The smallest absolute Gasteiger partial charge is 0.325 e. The number of morpholine rings is 1. The summed E-state index contributed by atoms with van der Waals surface area (Å²) in [6.45, 7) is 2.37. The van der Waals surface area contributed by atoms with Crippen LogP contribution in [0.15, 0.2) is 17.8 Å². The van der Waals surface area contributed by atoms with E-state index in [1.54, 1.807) is 11.3 Å². The van der Waals surface area contributed by atoms with Crippen LogP contribution < -0.4 is 0 Å². The van der Waals surface area contributed by atoms with Crippen molar-refractivity contribution in [3.63, 3.8) is 0 Å². The van der Waals surface area contributed by atoms with Crippen molar-refractivity contribution >= 4 is 22.3 Å². The largest absolute Gasteiger partial charge is 0.468 e. The number of carbonyl (C=O) groups is 1. The number of carbonyl (C=O) groups excluding carboxylic acids is 1. The molecule has 1 unspecified atom stereocenters. The maximum absolute atomic E-state index is 11.7. The molecule has 19 heavy (non-hydrogen) atoms. The highest BCUT2D eigenvalue weighted by Crippen LogP contribution is 2.16. The van der Waals surface area contributed by atoms with Crippen molar-refractivity contribution < 1.29 is 14.3 Å². The molecule has 1 atom stereocenters. The van der Waals surface area contributed by atoms with E-state index in [1.807, 2.05) is 22.2 Å². The number of methoxy groups -OCH3 is 1. The molecule has 3 heterocycles. The third-order valence-corrected chi connectivity index (χ3v) is 3.99. The van der Waals surface area contributed by atoms with Gasteiger partial charge in [0.25, 0.3) is 0 Å². The van der Waals surface area contributed by atoms with E-state index < -0.39 is 0 Å². The number of fused-ring (bicyclic) bond motifs is 1. The first-order valence-electron chi connectivity index (χ1n) is 6.08. The monoisotopic (exact) mass is 281 g/mol. The van der Waals surface area contributed by atoms with Gasteiger partial charge in [-0.25, -0.2) is 4.98 Å². The van der Waals surface area contributed by atoms with Crippen LogP contribution >= 0.6 is 11.3 Å². The SMILES string of the molecule is COC(=O)C1COCCN1Cc1cn2ccsc2n1. The molecule has 6 nitrogen and oxygen atoms in total. The Bertz CT molecular complexity index is 551. The molecule has 102 valence electrons. The van der Waals surface area contributed by atoms with Gasteiger partial charge < -0.3 is 9.47 Å². The third-order valence-electron chi connectivity index (χ3n) is 3.22. The maximum atomic E-state index is 11.7. The molecule has 0 spiro atoms.